The predicted molar refractivity (Wildman–Crippen MR) is 66.0 cm³/mol. The quantitative estimate of drug-likeness (QED) is 0.907. The molecule has 0 saturated carbocycles. The van der Waals surface area contributed by atoms with Crippen LogP contribution in [-0.2, 0) is 0 Å². The minimum Gasteiger partial charge on any atom is -0.476 e. The average molecular weight is 263 g/mol. The standard InChI is InChI=1S/C11H9N3O3S/c1-14(8-4-2-3-5-12-8)10(15)9-13-7(6-18-9)11(16)17/h2-6H,1H3,(H,16,17). The third-order valence-corrected chi connectivity index (χ3v) is 3.03. The molecule has 0 radical (unpaired) electrons. The maximum Gasteiger partial charge on any atom is 0.355 e. The zero-order chi connectivity index (χ0) is 13.1. The normalized spacial score (nSPS) is 10.1. The van der Waals surface area contributed by atoms with Crippen LogP contribution in [0, 0.1) is 0 Å². The van der Waals surface area contributed by atoms with E-state index in [2.05, 4.69) is 9.97 Å². The van der Waals surface area contributed by atoms with Crippen LogP contribution in [-0.4, -0.2) is 34.0 Å². The Morgan fingerprint density at radius 1 is 1.39 bits per heavy atom. The Hall–Kier alpha value is -2.28. The summed E-state index contributed by atoms with van der Waals surface area (Å²) >= 11 is 0.998. The van der Waals surface area contributed by atoms with Gasteiger partial charge in [0, 0.05) is 18.6 Å². The molecular weight excluding hydrogens is 254 g/mol. The minimum atomic E-state index is -1.15. The van der Waals surface area contributed by atoms with Gasteiger partial charge in [-0.25, -0.2) is 14.8 Å². The highest BCUT2D eigenvalue weighted by molar-refractivity contribution is 7.12. The van der Waals surface area contributed by atoms with Crippen molar-refractivity contribution in [3.63, 3.8) is 0 Å². The van der Waals surface area contributed by atoms with Crippen molar-refractivity contribution in [1.82, 2.24) is 9.97 Å². The Morgan fingerprint density at radius 3 is 2.72 bits per heavy atom. The van der Waals surface area contributed by atoms with Crippen LogP contribution >= 0.6 is 11.3 Å². The number of hydrogen-bond acceptors (Lipinski definition) is 5. The molecule has 2 aromatic rings. The van der Waals surface area contributed by atoms with Crippen molar-refractivity contribution < 1.29 is 14.7 Å². The van der Waals surface area contributed by atoms with E-state index in [9.17, 15) is 9.59 Å². The van der Waals surface area contributed by atoms with Crippen LogP contribution < -0.4 is 4.90 Å². The molecule has 1 N–H and O–H groups in total. The maximum atomic E-state index is 12.0. The number of carboxylic acid groups (broad SMARTS) is 1. The van der Waals surface area contributed by atoms with Crippen LogP contribution in [0.3, 0.4) is 0 Å². The number of nitrogens with zero attached hydrogens (tertiary/aromatic N) is 3. The third-order valence-electron chi connectivity index (χ3n) is 2.20. The molecule has 0 aliphatic heterocycles. The summed E-state index contributed by atoms with van der Waals surface area (Å²) in [6, 6.07) is 5.19. The molecule has 18 heavy (non-hydrogen) atoms. The topological polar surface area (TPSA) is 83.4 Å². The second-order valence-corrected chi connectivity index (χ2v) is 4.25. The first-order valence-corrected chi connectivity index (χ1v) is 5.85. The van der Waals surface area contributed by atoms with Gasteiger partial charge in [-0.15, -0.1) is 11.3 Å². The lowest BCUT2D eigenvalue weighted by Gasteiger charge is -2.13. The van der Waals surface area contributed by atoms with Gasteiger partial charge in [-0.2, -0.15) is 0 Å². The van der Waals surface area contributed by atoms with Gasteiger partial charge >= 0.3 is 5.97 Å². The van der Waals surface area contributed by atoms with Crippen molar-refractivity contribution in [2.24, 2.45) is 0 Å². The van der Waals surface area contributed by atoms with Crippen LogP contribution in [0.4, 0.5) is 5.82 Å². The molecular formula is C11H9N3O3S. The molecule has 0 bridgehead atoms. The second kappa shape index (κ2) is 4.92. The van der Waals surface area contributed by atoms with Gasteiger partial charge < -0.3 is 5.11 Å². The van der Waals surface area contributed by atoms with Crippen molar-refractivity contribution in [2.75, 3.05) is 11.9 Å². The summed E-state index contributed by atoms with van der Waals surface area (Å²) in [5.41, 5.74) is -0.127. The Labute approximate surface area is 107 Å². The zero-order valence-corrected chi connectivity index (χ0v) is 10.2. The molecule has 0 aromatic carbocycles. The number of aromatic carboxylic acids is 1. The lowest BCUT2D eigenvalue weighted by atomic mass is 10.4. The van der Waals surface area contributed by atoms with E-state index in [1.54, 1.807) is 31.4 Å². The number of thiazole rings is 1. The van der Waals surface area contributed by atoms with E-state index in [0.717, 1.165) is 11.3 Å². The highest BCUT2D eigenvalue weighted by atomic mass is 32.1. The molecule has 2 rings (SSSR count). The van der Waals surface area contributed by atoms with E-state index in [0.29, 0.717) is 5.82 Å². The number of pyridine rings is 1. The minimum absolute atomic E-state index is 0.126. The highest BCUT2D eigenvalue weighted by Crippen LogP contribution is 2.15. The van der Waals surface area contributed by atoms with Crippen LogP contribution in [0.1, 0.15) is 20.3 Å². The summed E-state index contributed by atoms with van der Waals surface area (Å²) in [6.45, 7) is 0. The smallest absolute Gasteiger partial charge is 0.355 e. The van der Waals surface area contributed by atoms with Gasteiger partial charge in [0.15, 0.2) is 10.7 Å². The van der Waals surface area contributed by atoms with E-state index in [1.165, 1.54) is 10.3 Å². The predicted octanol–water partition coefficient (Wildman–Crippen LogP) is 1.51. The number of amides is 1. The van der Waals surface area contributed by atoms with Gasteiger partial charge in [-0.05, 0) is 12.1 Å². The summed E-state index contributed by atoms with van der Waals surface area (Å²) in [5.74, 6) is -1.05. The molecule has 0 spiro atoms. The molecule has 0 saturated heterocycles. The van der Waals surface area contributed by atoms with Gasteiger partial charge in [0.2, 0.25) is 0 Å². The molecule has 0 atom stereocenters. The fourth-order valence-electron chi connectivity index (χ4n) is 1.27. The molecule has 1 amide bonds. The summed E-state index contributed by atoms with van der Waals surface area (Å²) in [4.78, 5) is 31.8. The molecule has 0 aliphatic carbocycles. The fourth-order valence-corrected chi connectivity index (χ4v) is 2.04. The average Bonchev–Trinajstić information content (AvgIpc) is 2.88. The first-order valence-electron chi connectivity index (χ1n) is 4.97. The first kappa shape index (κ1) is 12.2. The number of aromatic nitrogens is 2. The Balaban J connectivity index is 2.23. The summed E-state index contributed by atoms with van der Waals surface area (Å²) in [6.07, 6.45) is 1.57. The van der Waals surface area contributed by atoms with E-state index < -0.39 is 5.97 Å². The number of carbonyl (C=O) groups excluding carboxylic acids is 1. The molecule has 2 heterocycles. The molecule has 0 unspecified atom stereocenters. The van der Waals surface area contributed by atoms with Crippen molar-refractivity contribution in [2.45, 2.75) is 0 Å². The SMILES string of the molecule is CN(C(=O)c1nc(C(=O)O)cs1)c1ccccn1. The highest BCUT2D eigenvalue weighted by Gasteiger charge is 2.19. The summed E-state index contributed by atoms with van der Waals surface area (Å²) in [5, 5.41) is 10.2. The molecule has 7 heteroatoms. The van der Waals surface area contributed by atoms with E-state index in [1.807, 2.05) is 0 Å². The van der Waals surface area contributed by atoms with Crippen LogP contribution in [0.25, 0.3) is 0 Å². The van der Waals surface area contributed by atoms with Crippen LogP contribution in [0.5, 0.6) is 0 Å². The van der Waals surface area contributed by atoms with Gasteiger partial charge in [0.05, 0.1) is 0 Å². The number of carbonyl (C=O) groups is 2. The van der Waals surface area contributed by atoms with Crippen LogP contribution in [0.15, 0.2) is 29.8 Å². The van der Waals surface area contributed by atoms with Crippen molar-refractivity contribution in [3.8, 4) is 0 Å². The van der Waals surface area contributed by atoms with Gasteiger partial charge in [0.25, 0.3) is 5.91 Å². The summed E-state index contributed by atoms with van der Waals surface area (Å²) in [7, 11) is 1.56. The first-order chi connectivity index (χ1) is 8.59. The van der Waals surface area contributed by atoms with E-state index >= 15 is 0 Å². The Bertz CT molecular complexity index is 582. The van der Waals surface area contributed by atoms with Gasteiger partial charge in [0.1, 0.15) is 5.82 Å². The monoisotopic (exact) mass is 263 g/mol. The largest absolute Gasteiger partial charge is 0.476 e. The van der Waals surface area contributed by atoms with Crippen LogP contribution in [0.2, 0.25) is 0 Å². The molecule has 0 aliphatic rings. The Kier molecular flexibility index (Phi) is 3.33. The number of hydrogen-bond donors (Lipinski definition) is 1. The second-order valence-electron chi connectivity index (χ2n) is 3.40. The van der Waals surface area contributed by atoms with Crippen molar-refractivity contribution in [3.05, 3.63) is 40.5 Å². The number of carboxylic acids is 1. The Morgan fingerprint density at radius 2 is 2.17 bits per heavy atom. The van der Waals surface area contributed by atoms with Gasteiger partial charge in [-0.1, -0.05) is 6.07 Å². The zero-order valence-electron chi connectivity index (χ0n) is 9.40. The third kappa shape index (κ3) is 2.35. The molecule has 92 valence electrons. The number of anilines is 1. The van der Waals surface area contributed by atoms with Gasteiger partial charge in [-0.3, -0.25) is 9.69 Å². The van der Waals surface area contributed by atoms with E-state index in [-0.39, 0.29) is 16.6 Å². The maximum absolute atomic E-state index is 12.0. The molecule has 0 fully saturated rings. The van der Waals surface area contributed by atoms with E-state index in [4.69, 9.17) is 5.11 Å². The number of rotatable bonds is 3. The molecule has 2 aromatic heterocycles. The van der Waals surface area contributed by atoms with Crippen molar-refractivity contribution >= 4 is 29.0 Å². The lowest BCUT2D eigenvalue weighted by molar-refractivity contribution is 0.0691. The van der Waals surface area contributed by atoms with Crippen molar-refractivity contribution in [1.29, 1.82) is 0 Å². The fraction of sp³-hybridized carbons (Fsp3) is 0.0909. The summed E-state index contributed by atoms with van der Waals surface area (Å²) < 4.78 is 0. The molecule has 6 nitrogen and oxygen atoms in total. The lowest BCUT2D eigenvalue weighted by Crippen LogP contribution is -2.27.